The van der Waals surface area contributed by atoms with Crippen molar-refractivity contribution in [2.24, 2.45) is 0 Å². The number of piperazine rings is 1. The van der Waals surface area contributed by atoms with Crippen molar-refractivity contribution in [1.82, 2.24) is 15.1 Å². The molecular formula is C25H31N5O6. The van der Waals surface area contributed by atoms with Gasteiger partial charge in [0.15, 0.2) is 11.5 Å². The molecule has 192 valence electrons. The van der Waals surface area contributed by atoms with Crippen LogP contribution in [0.1, 0.15) is 27.1 Å². The quantitative estimate of drug-likeness (QED) is 0.476. The number of methoxy groups -OCH3 is 2. The van der Waals surface area contributed by atoms with E-state index in [-0.39, 0.29) is 17.5 Å². The zero-order valence-corrected chi connectivity index (χ0v) is 20.6. The second-order valence-electron chi connectivity index (χ2n) is 8.71. The number of nitrogens with zero attached hydrogens (tertiary/aromatic N) is 4. The van der Waals surface area contributed by atoms with Gasteiger partial charge in [-0.3, -0.25) is 19.7 Å². The Morgan fingerprint density at radius 1 is 0.833 bits per heavy atom. The number of anilines is 1. The first-order chi connectivity index (χ1) is 17.4. The van der Waals surface area contributed by atoms with Gasteiger partial charge in [-0.1, -0.05) is 0 Å². The highest BCUT2D eigenvalue weighted by Crippen LogP contribution is 2.31. The van der Waals surface area contributed by atoms with Gasteiger partial charge < -0.3 is 29.5 Å². The molecule has 1 N–H and O–H groups in total. The number of amides is 2. The van der Waals surface area contributed by atoms with Crippen LogP contribution in [0.15, 0.2) is 36.4 Å². The van der Waals surface area contributed by atoms with Gasteiger partial charge in [-0.15, -0.1) is 0 Å². The minimum Gasteiger partial charge on any atom is -0.493 e. The van der Waals surface area contributed by atoms with Crippen molar-refractivity contribution in [3.63, 3.8) is 0 Å². The summed E-state index contributed by atoms with van der Waals surface area (Å²) < 4.78 is 10.6. The average molecular weight is 498 g/mol. The maximum atomic E-state index is 13.2. The Morgan fingerprint density at radius 3 is 2.14 bits per heavy atom. The number of hydrogen-bond donors (Lipinski definition) is 1. The Kier molecular flexibility index (Phi) is 7.89. The summed E-state index contributed by atoms with van der Waals surface area (Å²) in [6.45, 7) is 4.49. The number of carbonyl (C=O) groups is 2. The molecule has 11 heteroatoms. The molecule has 0 saturated carbocycles. The number of nitro groups is 1. The number of benzene rings is 2. The van der Waals surface area contributed by atoms with E-state index in [0.717, 1.165) is 0 Å². The van der Waals surface area contributed by atoms with E-state index < -0.39 is 4.92 Å². The van der Waals surface area contributed by atoms with E-state index in [9.17, 15) is 19.7 Å². The SMILES string of the molecule is COc1ccc(C(=O)N2CCCN(c3ccc(C(=O)N4CCNCC4)cc3[N+](=O)[O-])CC2)cc1OC. The number of nitro benzene ring substituents is 1. The number of carbonyl (C=O) groups excluding carboxylic acids is 2. The molecule has 0 aliphatic carbocycles. The summed E-state index contributed by atoms with van der Waals surface area (Å²) in [5.41, 5.74) is 1.16. The van der Waals surface area contributed by atoms with E-state index in [1.165, 1.54) is 20.3 Å². The van der Waals surface area contributed by atoms with Crippen LogP contribution in [-0.2, 0) is 0 Å². The van der Waals surface area contributed by atoms with E-state index in [0.29, 0.717) is 87.1 Å². The maximum Gasteiger partial charge on any atom is 0.293 e. The summed E-state index contributed by atoms with van der Waals surface area (Å²) in [6.07, 6.45) is 0.650. The number of nitrogens with one attached hydrogen (secondary N) is 1. The molecule has 0 bridgehead atoms. The summed E-state index contributed by atoms with van der Waals surface area (Å²) >= 11 is 0. The van der Waals surface area contributed by atoms with Gasteiger partial charge in [0.05, 0.1) is 19.1 Å². The standard InChI is InChI=1S/C25H31N5O6/c1-35-22-7-5-19(17-23(22)36-2)25(32)28-11-3-10-27(14-15-28)20-6-4-18(16-21(20)30(33)34)24(31)29-12-8-26-9-13-29/h4-7,16-17,26H,3,8-15H2,1-2H3. The van der Waals surface area contributed by atoms with Crippen molar-refractivity contribution in [2.75, 3.05) is 71.5 Å². The number of rotatable bonds is 6. The van der Waals surface area contributed by atoms with Gasteiger partial charge in [-0.2, -0.15) is 0 Å². The summed E-state index contributed by atoms with van der Waals surface area (Å²) in [7, 11) is 3.06. The van der Waals surface area contributed by atoms with Crippen LogP contribution in [-0.4, -0.2) is 93.1 Å². The monoisotopic (exact) mass is 497 g/mol. The molecule has 2 aliphatic rings. The first kappa shape index (κ1) is 25.2. The van der Waals surface area contributed by atoms with Crippen LogP contribution < -0.4 is 19.7 Å². The highest BCUT2D eigenvalue weighted by Gasteiger charge is 2.27. The van der Waals surface area contributed by atoms with E-state index >= 15 is 0 Å². The Labute approximate surface area is 209 Å². The molecule has 2 saturated heterocycles. The summed E-state index contributed by atoms with van der Waals surface area (Å²) in [4.78, 5) is 42.9. The third-order valence-corrected chi connectivity index (χ3v) is 6.58. The van der Waals surface area contributed by atoms with Crippen molar-refractivity contribution in [1.29, 1.82) is 0 Å². The maximum absolute atomic E-state index is 13.2. The van der Waals surface area contributed by atoms with Crippen LogP contribution in [0.2, 0.25) is 0 Å². The lowest BCUT2D eigenvalue weighted by Crippen LogP contribution is -2.46. The summed E-state index contributed by atoms with van der Waals surface area (Å²) in [5.74, 6) is 0.686. The molecule has 2 aromatic rings. The molecule has 4 rings (SSSR count). The van der Waals surface area contributed by atoms with E-state index in [2.05, 4.69) is 5.32 Å². The van der Waals surface area contributed by atoms with Gasteiger partial charge in [-0.25, -0.2) is 0 Å². The molecule has 2 fully saturated rings. The highest BCUT2D eigenvalue weighted by atomic mass is 16.6. The second kappa shape index (κ2) is 11.3. The van der Waals surface area contributed by atoms with Crippen LogP contribution in [0.4, 0.5) is 11.4 Å². The first-order valence-corrected chi connectivity index (χ1v) is 12.0. The Hall–Kier alpha value is -3.86. The first-order valence-electron chi connectivity index (χ1n) is 12.0. The molecular weight excluding hydrogens is 466 g/mol. The lowest BCUT2D eigenvalue weighted by Gasteiger charge is -2.28. The molecule has 36 heavy (non-hydrogen) atoms. The van der Waals surface area contributed by atoms with Crippen molar-refractivity contribution in [3.05, 3.63) is 57.6 Å². The highest BCUT2D eigenvalue weighted by molar-refractivity contribution is 5.96. The van der Waals surface area contributed by atoms with Crippen LogP contribution in [0.3, 0.4) is 0 Å². The molecule has 0 spiro atoms. The van der Waals surface area contributed by atoms with Crippen molar-refractivity contribution >= 4 is 23.2 Å². The number of hydrogen-bond acceptors (Lipinski definition) is 8. The molecule has 0 atom stereocenters. The van der Waals surface area contributed by atoms with Gasteiger partial charge in [0.25, 0.3) is 17.5 Å². The molecule has 2 aliphatic heterocycles. The minimum atomic E-state index is -0.443. The Bertz CT molecular complexity index is 1130. The van der Waals surface area contributed by atoms with Gasteiger partial charge in [0, 0.05) is 69.6 Å². The Balaban J connectivity index is 1.49. The third kappa shape index (κ3) is 5.35. The van der Waals surface area contributed by atoms with Gasteiger partial charge in [0.2, 0.25) is 0 Å². The van der Waals surface area contributed by atoms with E-state index in [4.69, 9.17) is 9.47 Å². The smallest absolute Gasteiger partial charge is 0.293 e. The average Bonchev–Trinajstić information content (AvgIpc) is 3.18. The second-order valence-corrected chi connectivity index (χ2v) is 8.71. The fraction of sp³-hybridized carbons (Fsp3) is 0.440. The molecule has 0 unspecified atom stereocenters. The molecule has 0 aromatic heterocycles. The molecule has 11 nitrogen and oxygen atoms in total. The normalized spacial score (nSPS) is 16.3. The van der Waals surface area contributed by atoms with Crippen molar-refractivity contribution in [3.8, 4) is 11.5 Å². The topological polar surface area (TPSA) is 117 Å². The Morgan fingerprint density at radius 2 is 1.47 bits per heavy atom. The lowest BCUT2D eigenvalue weighted by molar-refractivity contribution is -0.384. The fourth-order valence-electron chi connectivity index (χ4n) is 4.63. The lowest BCUT2D eigenvalue weighted by atomic mass is 10.1. The van der Waals surface area contributed by atoms with Gasteiger partial charge in [-0.05, 0) is 36.8 Å². The van der Waals surface area contributed by atoms with E-state index in [1.807, 2.05) is 4.90 Å². The van der Waals surface area contributed by atoms with Gasteiger partial charge >= 0.3 is 0 Å². The predicted octanol–water partition coefficient (Wildman–Crippen LogP) is 2.01. The van der Waals surface area contributed by atoms with Crippen molar-refractivity contribution < 1.29 is 24.0 Å². The van der Waals surface area contributed by atoms with Crippen LogP contribution in [0, 0.1) is 10.1 Å². The minimum absolute atomic E-state index is 0.101. The molecule has 0 radical (unpaired) electrons. The van der Waals surface area contributed by atoms with Crippen LogP contribution in [0.25, 0.3) is 0 Å². The fourth-order valence-corrected chi connectivity index (χ4v) is 4.63. The van der Waals surface area contributed by atoms with Crippen LogP contribution in [0.5, 0.6) is 11.5 Å². The van der Waals surface area contributed by atoms with E-state index in [1.54, 1.807) is 40.1 Å². The van der Waals surface area contributed by atoms with Crippen molar-refractivity contribution in [2.45, 2.75) is 6.42 Å². The zero-order chi connectivity index (χ0) is 25.7. The molecule has 2 heterocycles. The molecule has 2 aromatic carbocycles. The predicted molar refractivity (Wildman–Crippen MR) is 134 cm³/mol. The molecule has 2 amide bonds. The summed E-state index contributed by atoms with van der Waals surface area (Å²) in [5, 5.41) is 15.1. The largest absolute Gasteiger partial charge is 0.493 e. The zero-order valence-electron chi connectivity index (χ0n) is 20.6. The summed E-state index contributed by atoms with van der Waals surface area (Å²) in [6, 6.07) is 9.73. The van der Waals surface area contributed by atoms with Crippen LogP contribution >= 0.6 is 0 Å². The van der Waals surface area contributed by atoms with Gasteiger partial charge in [0.1, 0.15) is 5.69 Å². The number of ether oxygens (including phenoxy) is 2. The third-order valence-electron chi connectivity index (χ3n) is 6.58.